The van der Waals surface area contributed by atoms with E-state index in [4.69, 9.17) is 22.1 Å². The summed E-state index contributed by atoms with van der Waals surface area (Å²) in [5, 5.41) is 11.0. The van der Waals surface area contributed by atoms with Gasteiger partial charge in [-0.2, -0.15) is 5.10 Å². The van der Waals surface area contributed by atoms with Gasteiger partial charge in [0.05, 0.1) is 19.7 Å². The molecule has 0 radical (unpaired) electrons. The Bertz CT molecular complexity index is 803. The second kappa shape index (κ2) is 7.33. The van der Waals surface area contributed by atoms with Gasteiger partial charge in [-0.3, -0.25) is 5.10 Å². The van der Waals surface area contributed by atoms with Gasteiger partial charge in [-0.1, -0.05) is 29.8 Å². The first-order chi connectivity index (χ1) is 11.7. The van der Waals surface area contributed by atoms with Crippen LogP contribution in [0.25, 0.3) is 0 Å². The Morgan fingerprint density at radius 3 is 2.79 bits per heavy atom. The maximum absolute atomic E-state index is 6.20. The van der Waals surface area contributed by atoms with Crippen LogP contribution in [0, 0.1) is 0 Å². The monoisotopic (exact) mass is 343 g/mol. The van der Waals surface area contributed by atoms with Gasteiger partial charge in [0, 0.05) is 16.8 Å². The fourth-order valence-electron chi connectivity index (χ4n) is 2.27. The lowest BCUT2D eigenvalue weighted by Crippen LogP contribution is -2.13. The molecular formula is C17H18ClN5O. The Morgan fingerprint density at radius 1 is 1.25 bits per heavy atom. The number of methoxy groups -OCH3 is 1. The van der Waals surface area contributed by atoms with Crippen molar-refractivity contribution in [3.05, 3.63) is 70.8 Å². The minimum Gasteiger partial charge on any atom is -0.497 e. The predicted octanol–water partition coefficient (Wildman–Crippen LogP) is 3.13. The second-order valence-electron chi connectivity index (χ2n) is 5.26. The number of hydrogen-bond acceptors (Lipinski definition) is 5. The molecule has 124 valence electrons. The van der Waals surface area contributed by atoms with Crippen molar-refractivity contribution in [2.75, 3.05) is 12.4 Å². The van der Waals surface area contributed by atoms with Gasteiger partial charge in [-0.15, -0.1) is 0 Å². The molecule has 0 spiro atoms. The summed E-state index contributed by atoms with van der Waals surface area (Å²) in [4.78, 5) is 4.45. The molecule has 0 amide bonds. The summed E-state index contributed by atoms with van der Waals surface area (Å²) in [5.41, 5.74) is 8.05. The van der Waals surface area contributed by atoms with Gasteiger partial charge < -0.3 is 15.8 Å². The van der Waals surface area contributed by atoms with E-state index in [9.17, 15) is 0 Å². The van der Waals surface area contributed by atoms with Crippen LogP contribution >= 0.6 is 11.6 Å². The van der Waals surface area contributed by atoms with E-state index in [-0.39, 0.29) is 0 Å². The number of benzene rings is 2. The van der Waals surface area contributed by atoms with Gasteiger partial charge >= 0.3 is 0 Å². The molecule has 0 saturated heterocycles. The third-order valence-corrected chi connectivity index (χ3v) is 3.84. The molecule has 0 aliphatic rings. The maximum Gasteiger partial charge on any atom is 0.171 e. The maximum atomic E-state index is 6.20. The molecule has 3 aromatic rings. The van der Waals surface area contributed by atoms with Crippen LogP contribution in [-0.2, 0) is 6.54 Å². The van der Waals surface area contributed by atoms with Crippen molar-refractivity contribution >= 4 is 17.3 Å². The predicted molar refractivity (Wildman–Crippen MR) is 94.2 cm³/mol. The molecular weight excluding hydrogens is 326 g/mol. The summed E-state index contributed by atoms with van der Waals surface area (Å²) >= 11 is 5.89. The molecule has 0 fully saturated rings. The number of ether oxygens (including phenoxy) is 1. The average Bonchev–Trinajstić information content (AvgIpc) is 3.09. The summed E-state index contributed by atoms with van der Waals surface area (Å²) in [6, 6.07) is 14.6. The van der Waals surface area contributed by atoms with Crippen molar-refractivity contribution in [3.8, 4) is 5.75 Å². The number of halogens is 1. The van der Waals surface area contributed by atoms with Crippen LogP contribution in [0.3, 0.4) is 0 Å². The van der Waals surface area contributed by atoms with Gasteiger partial charge in [-0.25, -0.2) is 4.98 Å². The molecule has 1 heterocycles. The standard InChI is InChI=1S/C17H18ClN5O/c1-24-14-4-2-3-13(9-14)20-10-15-21-17(23-22-15)16(19)11-5-7-12(18)8-6-11/h2-9,16,20H,10,19H2,1H3,(H,21,22,23)/t16-/m0/s1. The topological polar surface area (TPSA) is 88.8 Å². The SMILES string of the molecule is COc1cccc(NCc2nc([C@@H](N)c3ccc(Cl)cc3)n[nH]2)c1. The average molecular weight is 344 g/mol. The molecule has 2 aromatic carbocycles. The number of rotatable bonds is 6. The number of aromatic amines is 1. The van der Waals surface area contributed by atoms with Crippen LogP contribution in [0.15, 0.2) is 48.5 Å². The molecule has 0 aliphatic heterocycles. The third kappa shape index (κ3) is 3.84. The third-order valence-electron chi connectivity index (χ3n) is 3.59. The van der Waals surface area contributed by atoms with E-state index in [0.29, 0.717) is 23.2 Å². The molecule has 24 heavy (non-hydrogen) atoms. The lowest BCUT2D eigenvalue weighted by Gasteiger charge is -2.08. The molecule has 6 nitrogen and oxygen atoms in total. The first kappa shape index (κ1) is 16.3. The van der Waals surface area contributed by atoms with Crippen molar-refractivity contribution in [2.24, 2.45) is 5.73 Å². The van der Waals surface area contributed by atoms with E-state index in [1.54, 1.807) is 19.2 Å². The van der Waals surface area contributed by atoms with Crippen LogP contribution in [-0.4, -0.2) is 22.3 Å². The lowest BCUT2D eigenvalue weighted by molar-refractivity contribution is 0.415. The molecule has 1 atom stereocenters. The number of nitrogens with two attached hydrogens (primary N) is 1. The number of hydrogen-bond donors (Lipinski definition) is 3. The molecule has 0 aliphatic carbocycles. The number of anilines is 1. The van der Waals surface area contributed by atoms with Crippen LogP contribution in [0.5, 0.6) is 5.75 Å². The first-order valence-electron chi connectivity index (χ1n) is 7.46. The minimum absolute atomic E-state index is 0.399. The van der Waals surface area contributed by atoms with Crippen molar-refractivity contribution < 1.29 is 4.74 Å². The minimum atomic E-state index is -0.399. The normalized spacial score (nSPS) is 12.0. The zero-order valence-corrected chi connectivity index (χ0v) is 13.9. The summed E-state index contributed by atoms with van der Waals surface area (Å²) in [6.07, 6.45) is 0. The van der Waals surface area contributed by atoms with Crippen LogP contribution < -0.4 is 15.8 Å². The van der Waals surface area contributed by atoms with Crippen molar-refractivity contribution in [2.45, 2.75) is 12.6 Å². The van der Waals surface area contributed by atoms with E-state index in [1.165, 1.54) is 0 Å². The first-order valence-corrected chi connectivity index (χ1v) is 7.83. The van der Waals surface area contributed by atoms with Crippen molar-refractivity contribution in [1.29, 1.82) is 0 Å². The number of aromatic nitrogens is 3. The highest BCUT2D eigenvalue weighted by Gasteiger charge is 2.14. The van der Waals surface area contributed by atoms with Gasteiger partial charge in [-0.05, 0) is 29.8 Å². The smallest absolute Gasteiger partial charge is 0.171 e. The Labute approximate surface area is 145 Å². The second-order valence-corrected chi connectivity index (χ2v) is 5.69. The fourth-order valence-corrected chi connectivity index (χ4v) is 2.39. The Morgan fingerprint density at radius 2 is 2.04 bits per heavy atom. The highest BCUT2D eigenvalue weighted by Crippen LogP contribution is 2.20. The van der Waals surface area contributed by atoms with Crippen LogP contribution in [0.4, 0.5) is 5.69 Å². The molecule has 0 bridgehead atoms. The summed E-state index contributed by atoms with van der Waals surface area (Å²) in [7, 11) is 1.64. The van der Waals surface area contributed by atoms with E-state index in [1.807, 2.05) is 36.4 Å². The molecule has 7 heteroatoms. The molecule has 0 saturated carbocycles. The highest BCUT2D eigenvalue weighted by atomic mass is 35.5. The quantitative estimate of drug-likeness (QED) is 0.640. The molecule has 3 rings (SSSR count). The van der Waals surface area contributed by atoms with E-state index >= 15 is 0 Å². The van der Waals surface area contributed by atoms with Gasteiger partial charge in [0.25, 0.3) is 0 Å². The molecule has 0 unspecified atom stereocenters. The zero-order valence-electron chi connectivity index (χ0n) is 13.2. The summed E-state index contributed by atoms with van der Waals surface area (Å²) in [6.45, 7) is 0.507. The fraction of sp³-hybridized carbons (Fsp3) is 0.176. The van der Waals surface area contributed by atoms with Gasteiger partial charge in [0.1, 0.15) is 11.6 Å². The molecule has 4 N–H and O–H groups in total. The molecule has 1 aromatic heterocycles. The number of H-pyrrole nitrogens is 1. The Hall–Kier alpha value is -2.57. The number of nitrogens with zero attached hydrogens (tertiary/aromatic N) is 2. The summed E-state index contributed by atoms with van der Waals surface area (Å²) < 4.78 is 5.20. The van der Waals surface area contributed by atoms with Gasteiger partial charge in [0.15, 0.2) is 5.82 Å². The largest absolute Gasteiger partial charge is 0.497 e. The van der Waals surface area contributed by atoms with Crippen molar-refractivity contribution in [3.63, 3.8) is 0 Å². The van der Waals surface area contributed by atoms with Gasteiger partial charge in [0.2, 0.25) is 0 Å². The Balaban J connectivity index is 1.65. The zero-order chi connectivity index (χ0) is 16.9. The van der Waals surface area contributed by atoms with E-state index < -0.39 is 6.04 Å². The van der Waals surface area contributed by atoms with E-state index in [2.05, 4.69) is 20.5 Å². The Kier molecular flexibility index (Phi) is 4.98. The van der Waals surface area contributed by atoms with E-state index in [0.717, 1.165) is 17.0 Å². The highest BCUT2D eigenvalue weighted by molar-refractivity contribution is 6.30. The van der Waals surface area contributed by atoms with Crippen LogP contribution in [0.1, 0.15) is 23.3 Å². The van der Waals surface area contributed by atoms with Crippen molar-refractivity contribution in [1.82, 2.24) is 15.2 Å². The summed E-state index contributed by atoms with van der Waals surface area (Å²) in [5.74, 6) is 2.04. The lowest BCUT2D eigenvalue weighted by atomic mass is 10.1. The number of nitrogens with one attached hydrogen (secondary N) is 2. The van der Waals surface area contributed by atoms with Crippen LogP contribution in [0.2, 0.25) is 5.02 Å².